The van der Waals surface area contributed by atoms with E-state index >= 15 is 0 Å². The van der Waals surface area contributed by atoms with Crippen LogP contribution in [-0.4, -0.2) is 24.1 Å². The molecule has 0 radical (unpaired) electrons. The minimum absolute atomic E-state index is 0.00182. The van der Waals surface area contributed by atoms with E-state index in [2.05, 4.69) is 10.3 Å². The highest BCUT2D eigenvalue weighted by Gasteiger charge is 2.23. The molecule has 1 aliphatic rings. The number of hydrogen-bond acceptors (Lipinski definition) is 4. The van der Waals surface area contributed by atoms with Crippen molar-refractivity contribution in [1.82, 2.24) is 10.3 Å². The summed E-state index contributed by atoms with van der Waals surface area (Å²) in [6, 6.07) is 9.75. The molecule has 2 aromatic rings. The number of rotatable bonds is 4. The van der Waals surface area contributed by atoms with E-state index in [1.165, 1.54) is 0 Å². The molecule has 1 saturated heterocycles. The Morgan fingerprint density at radius 2 is 2.20 bits per heavy atom. The molecule has 1 amide bonds. The fourth-order valence-electron chi connectivity index (χ4n) is 2.18. The number of carbonyl (C=O) groups excluding carboxylic acids is 1. The number of aromatic nitrogens is 1. The van der Waals surface area contributed by atoms with Gasteiger partial charge in [0.05, 0.1) is 25.3 Å². The van der Waals surface area contributed by atoms with Crippen LogP contribution in [0.25, 0.3) is 11.3 Å². The smallest absolute Gasteiger partial charge is 0.225 e. The van der Waals surface area contributed by atoms with Crippen LogP contribution in [0.15, 0.2) is 40.9 Å². The predicted octanol–water partition coefficient (Wildman–Crippen LogP) is 1.99. The summed E-state index contributed by atoms with van der Waals surface area (Å²) in [4.78, 5) is 16.0. The number of nitrogens with zero attached hydrogens (tertiary/aromatic N) is 1. The maximum absolute atomic E-state index is 11.8. The molecule has 0 aliphatic carbocycles. The van der Waals surface area contributed by atoms with Gasteiger partial charge in [0, 0.05) is 12.2 Å². The zero-order valence-electron chi connectivity index (χ0n) is 11.0. The average Bonchev–Trinajstić information content (AvgIpc) is 3.17. The Bertz CT molecular complexity index is 574. The summed E-state index contributed by atoms with van der Waals surface area (Å²) in [7, 11) is 0. The Hall–Kier alpha value is -2.14. The van der Waals surface area contributed by atoms with Crippen molar-refractivity contribution in [3.8, 4) is 11.3 Å². The van der Waals surface area contributed by atoms with Gasteiger partial charge in [0.15, 0.2) is 5.76 Å². The third kappa shape index (κ3) is 2.88. The predicted molar refractivity (Wildman–Crippen MR) is 72.7 cm³/mol. The molecule has 1 aromatic carbocycles. The molecule has 20 heavy (non-hydrogen) atoms. The van der Waals surface area contributed by atoms with E-state index in [0.29, 0.717) is 31.4 Å². The number of oxazole rings is 1. The second-order valence-corrected chi connectivity index (χ2v) is 4.76. The highest BCUT2D eigenvalue weighted by molar-refractivity contribution is 5.78. The number of nitrogens with one attached hydrogen (secondary N) is 1. The van der Waals surface area contributed by atoms with Gasteiger partial charge in [-0.2, -0.15) is 0 Å². The molecule has 2 heterocycles. The van der Waals surface area contributed by atoms with Gasteiger partial charge in [0.2, 0.25) is 11.8 Å². The van der Waals surface area contributed by atoms with Gasteiger partial charge in [-0.1, -0.05) is 30.3 Å². The number of ether oxygens (including phenoxy) is 1. The summed E-state index contributed by atoms with van der Waals surface area (Å²) >= 11 is 0. The van der Waals surface area contributed by atoms with E-state index in [1.54, 1.807) is 6.20 Å². The second kappa shape index (κ2) is 5.88. The Balaban J connectivity index is 1.59. The summed E-state index contributed by atoms with van der Waals surface area (Å²) in [5.74, 6) is 1.18. The van der Waals surface area contributed by atoms with Crippen LogP contribution in [-0.2, 0) is 16.1 Å². The van der Waals surface area contributed by atoms with E-state index < -0.39 is 0 Å². The van der Waals surface area contributed by atoms with E-state index in [-0.39, 0.29) is 11.8 Å². The van der Waals surface area contributed by atoms with Crippen LogP contribution in [0.5, 0.6) is 0 Å². The molecule has 104 valence electrons. The fourth-order valence-corrected chi connectivity index (χ4v) is 2.18. The van der Waals surface area contributed by atoms with Crippen LogP contribution in [0.4, 0.5) is 0 Å². The molecule has 1 aromatic heterocycles. The Morgan fingerprint density at radius 3 is 2.95 bits per heavy atom. The number of amides is 1. The number of carbonyl (C=O) groups is 1. The van der Waals surface area contributed by atoms with Crippen LogP contribution in [0, 0.1) is 5.92 Å². The molecule has 5 nitrogen and oxygen atoms in total. The first kappa shape index (κ1) is 12.9. The van der Waals surface area contributed by atoms with Crippen molar-refractivity contribution in [3.05, 3.63) is 42.4 Å². The monoisotopic (exact) mass is 272 g/mol. The SMILES string of the molecule is O=C(NCc1ncc(-c2ccccc2)o1)C1CCOC1. The first-order valence-corrected chi connectivity index (χ1v) is 6.68. The van der Waals surface area contributed by atoms with Gasteiger partial charge in [-0.25, -0.2) is 4.98 Å². The minimum atomic E-state index is -0.0430. The lowest BCUT2D eigenvalue weighted by Gasteiger charge is -2.07. The van der Waals surface area contributed by atoms with E-state index in [9.17, 15) is 4.79 Å². The van der Waals surface area contributed by atoms with Gasteiger partial charge < -0.3 is 14.5 Å². The van der Waals surface area contributed by atoms with Crippen molar-refractivity contribution in [2.24, 2.45) is 5.92 Å². The van der Waals surface area contributed by atoms with E-state index in [0.717, 1.165) is 12.0 Å². The quantitative estimate of drug-likeness (QED) is 0.924. The fraction of sp³-hybridized carbons (Fsp3) is 0.333. The Morgan fingerprint density at radius 1 is 1.35 bits per heavy atom. The van der Waals surface area contributed by atoms with Crippen LogP contribution < -0.4 is 5.32 Å². The van der Waals surface area contributed by atoms with Crippen molar-refractivity contribution < 1.29 is 13.9 Å². The minimum Gasteiger partial charge on any atom is -0.439 e. The first-order valence-electron chi connectivity index (χ1n) is 6.68. The standard InChI is InChI=1S/C15H16N2O3/c18-15(12-6-7-19-10-12)17-9-14-16-8-13(20-14)11-4-2-1-3-5-11/h1-5,8,12H,6-7,9-10H2,(H,17,18). The molecule has 1 atom stereocenters. The van der Waals surface area contributed by atoms with Gasteiger partial charge in [-0.05, 0) is 6.42 Å². The maximum atomic E-state index is 11.8. The zero-order chi connectivity index (χ0) is 13.8. The second-order valence-electron chi connectivity index (χ2n) is 4.76. The van der Waals surface area contributed by atoms with Crippen molar-refractivity contribution in [2.75, 3.05) is 13.2 Å². The van der Waals surface area contributed by atoms with Gasteiger partial charge in [0.1, 0.15) is 0 Å². The summed E-state index contributed by atoms with van der Waals surface area (Å²) in [5.41, 5.74) is 0.974. The third-order valence-corrected chi connectivity index (χ3v) is 3.33. The largest absolute Gasteiger partial charge is 0.439 e. The lowest BCUT2D eigenvalue weighted by molar-refractivity contribution is -0.125. The van der Waals surface area contributed by atoms with Crippen molar-refractivity contribution in [3.63, 3.8) is 0 Å². The van der Waals surface area contributed by atoms with Crippen molar-refractivity contribution in [2.45, 2.75) is 13.0 Å². The molecule has 5 heteroatoms. The molecule has 1 fully saturated rings. The van der Waals surface area contributed by atoms with E-state index in [4.69, 9.17) is 9.15 Å². The molecule has 0 spiro atoms. The molecular weight excluding hydrogens is 256 g/mol. The molecule has 1 N–H and O–H groups in total. The van der Waals surface area contributed by atoms with Crippen molar-refractivity contribution in [1.29, 1.82) is 0 Å². The number of hydrogen-bond donors (Lipinski definition) is 1. The van der Waals surface area contributed by atoms with Gasteiger partial charge in [0.25, 0.3) is 0 Å². The molecule has 0 saturated carbocycles. The molecule has 0 bridgehead atoms. The summed E-state index contributed by atoms with van der Waals surface area (Å²) in [6.45, 7) is 1.48. The van der Waals surface area contributed by atoms with Gasteiger partial charge >= 0.3 is 0 Å². The van der Waals surface area contributed by atoms with Crippen LogP contribution in [0.3, 0.4) is 0 Å². The lowest BCUT2D eigenvalue weighted by Crippen LogP contribution is -2.30. The van der Waals surface area contributed by atoms with E-state index in [1.807, 2.05) is 30.3 Å². The topological polar surface area (TPSA) is 64.4 Å². The highest BCUT2D eigenvalue weighted by Crippen LogP contribution is 2.19. The van der Waals surface area contributed by atoms with Crippen LogP contribution in [0.2, 0.25) is 0 Å². The zero-order valence-corrected chi connectivity index (χ0v) is 11.0. The van der Waals surface area contributed by atoms with Crippen LogP contribution in [0.1, 0.15) is 12.3 Å². The van der Waals surface area contributed by atoms with Crippen LogP contribution >= 0.6 is 0 Å². The number of benzene rings is 1. The summed E-state index contributed by atoms with van der Waals surface area (Å²) in [5, 5.41) is 2.83. The lowest BCUT2D eigenvalue weighted by atomic mass is 10.1. The first-order chi connectivity index (χ1) is 9.83. The van der Waals surface area contributed by atoms with Gasteiger partial charge in [-0.3, -0.25) is 4.79 Å². The van der Waals surface area contributed by atoms with Gasteiger partial charge in [-0.15, -0.1) is 0 Å². The Kier molecular flexibility index (Phi) is 3.78. The third-order valence-electron chi connectivity index (χ3n) is 3.33. The highest BCUT2D eigenvalue weighted by atomic mass is 16.5. The average molecular weight is 272 g/mol. The summed E-state index contributed by atoms with van der Waals surface area (Å²) in [6.07, 6.45) is 2.46. The molecule has 1 aliphatic heterocycles. The van der Waals surface area contributed by atoms with Crippen molar-refractivity contribution >= 4 is 5.91 Å². The normalized spacial score (nSPS) is 18.1. The Labute approximate surface area is 117 Å². The molecule has 3 rings (SSSR count). The molecular formula is C15H16N2O3. The summed E-state index contributed by atoms with van der Waals surface area (Å²) < 4.78 is 10.8. The maximum Gasteiger partial charge on any atom is 0.225 e. The molecule has 1 unspecified atom stereocenters.